The lowest BCUT2D eigenvalue weighted by Gasteiger charge is -2.23. The topological polar surface area (TPSA) is 68.0 Å². The van der Waals surface area contributed by atoms with Crippen molar-refractivity contribution in [1.82, 2.24) is 10.2 Å². The summed E-state index contributed by atoms with van der Waals surface area (Å²) in [6.45, 7) is 4.97. The Morgan fingerprint density at radius 2 is 1.96 bits per heavy atom. The monoisotopic (exact) mass is 342 g/mol. The number of aliphatic hydroxyl groups excluding tert-OH is 1. The van der Waals surface area contributed by atoms with Gasteiger partial charge in [0.15, 0.2) is 5.58 Å². The number of aryl methyl sites for hydroxylation is 1. The van der Waals surface area contributed by atoms with Gasteiger partial charge < -0.3 is 19.2 Å². The molecule has 1 unspecified atom stereocenters. The van der Waals surface area contributed by atoms with E-state index < -0.39 is 6.10 Å². The van der Waals surface area contributed by atoms with Gasteiger partial charge in [0.1, 0.15) is 24.2 Å². The Morgan fingerprint density at radius 3 is 2.72 bits per heavy atom. The number of para-hydroxylation sites is 1. The van der Waals surface area contributed by atoms with Crippen LogP contribution in [0.4, 0.5) is 0 Å². The molecule has 1 heterocycles. The van der Waals surface area contributed by atoms with Gasteiger partial charge in [-0.1, -0.05) is 29.4 Å². The van der Waals surface area contributed by atoms with Crippen molar-refractivity contribution in [2.45, 2.75) is 20.0 Å². The van der Waals surface area contributed by atoms with Crippen LogP contribution in [0.1, 0.15) is 12.6 Å². The van der Waals surface area contributed by atoms with Crippen LogP contribution in [0.15, 0.2) is 53.1 Å². The summed E-state index contributed by atoms with van der Waals surface area (Å²) >= 11 is 0. The predicted octanol–water partition coefficient (Wildman–Crippen LogP) is 3.19. The maximum atomic E-state index is 10.3. The number of aliphatic hydroxyl groups is 1. The number of aromatic nitrogens is 1. The summed E-state index contributed by atoms with van der Waals surface area (Å²) in [5.74, 6) is 1.39. The highest BCUT2D eigenvalue weighted by molar-refractivity contribution is 5.85. The molecule has 0 bridgehead atoms. The quantitative estimate of drug-likeness (QED) is 0.634. The summed E-state index contributed by atoms with van der Waals surface area (Å²) in [7, 11) is 0. The van der Waals surface area contributed by atoms with Gasteiger partial charge in [-0.2, -0.15) is 0 Å². The standard InChI is InChI=1S/C19H22N2O4/c1-3-21(25-16-8-5-4-6-9-16)12-15(22)13-23-17-10-7-11-18-19(17)14(2)20-24-18/h4-11,15,22H,3,12-13H2,1-2H3. The second kappa shape index (κ2) is 8.00. The van der Waals surface area contributed by atoms with Crippen molar-refractivity contribution >= 4 is 11.0 Å². The van der Waals surface area contributed by atoms with Gasteiger partial charge in [-0.3, -0.25) is 0 Å². The molecule has 1 atom stereocenters. The minimum absolute atomic E-state index is 0.151. The van der Waals surface area contributed by atoms with Gasteiger partial charge in [0, 0.05) is 6.54 Å². The largest absolute Gasteiger partial charge is 0.490 e. The minimum atomic E-state index is -0.695. The van der Waals surface area contributed by atoms with E-state index in [-0.39, 0.29) is 6.61 Å². The molecule has 0 fully saturated rings. The molecular formula is C19H22N2O4. The number of fused-ring (bicyclic) bond motifs is 1. The first-order valence-corrected chi connectivity index (χ1v) is 8.31. The molecule has 0 radical (unpaired) electrons. The molecule has 132 valence electrons. The van der Waals surface area contributed by atoms with Crippen molar-refractivity contribution in [2.75, 3.05) is 19.7 Å². The number of nitrogens with zero attached hydrogens (tertiary/aromatic N) is 2. The number of benzene rings is 2. The minimum Gasteiger partial charge on any atom is -0.490 e. The molecule has 3 rings (SSSR count). The van der Waals surface area contributed by atoms with Crippen molar-refractivity contribution in [2.24, 2.45) is 0 Å². The van der Waals surface area contributed by atoms with Crippen molar-refractivity contribution in [3.05, 3.63) is 54.2 Å². The Hall–Kier alpha value is -2.57. The molecule has 0 aliphatic carbocycles. The zero-order valence-electron chi connectivity index (χ0n) is 14.4. The molecule has 25 heavy (non-hydrogen) atoms. The van der Waals surface area contributed by atoms with Gasteiger partial charge in [-0.25, -0.2) is 0 Å². The molecule has 0 saturated heterocycles. The van der Waals surface area contributed by atoms with Crippen LogP contribution in [0.5, 0.6) is 11.5 Å². The van der Waals surface area contributed by atoms with Crippen LogP contribution in [0.3, 0.4) is 0 Å². The number of hydrogen-bond acceptors (Lipinski definition) is 6. The Kier molecular flexibility index (Phi) is 5.53. The van der Waals surface area contributed by atoms with Crippen LogP contribution in [-0.2, 0) is 0 Å². The van der Waals surface area contributed by atoms with E-state index in [2.05, 4.69) is 5.16 Å². The van der Waals surface area contributed by atoms with Crippen molar-refractivity contribution in [3.63, 3.8) is 0 Å². The lowest BCUT2D eigenvalue weighted by atomic mass is 10.2. The van der Waals surface area contributed by atoms with E-state index in [1.54, 1.807) is 5.06 Å². The first-order valence-electron chi connectivity index (χ1n) is 8.31. The van der Waals surface area contributed by atoms with Gasteiger partial charge in [-0.15, -0.1) is 5.06 Å². The lowest BCUT2D eigenvalue weighted by Crippen LogP contribution is -2.37. The summed E-state index contributed by atoms with van der Waals surface area (Å²) < 4.78 is 11.0. The Morgan fingerprint density at radius 1 is 1.16 bits per heavy atom. The van der Waals surface area contributed by atoms with Crippen LogP contribution in [0.2, 0.25) is 0 Å². The van der Waals surface area contributed by atoms with Crippen LogP contribution in [-0.4, -0.2) is 41.1 Å². The van der Waals surface area contributed by atoms with E-state index in [4.69, 9.17) is 14.1 Å². The van der Waals surface area contributed by atoms with Gasteiger partial charge >= 0.3 is 0 Å². The summed E-state index contributed by atoms with van der Waals surface area (Å²) in [6.07, 6.45) is -0.695. The average molecular weight is 342 g/mol. The van der Waals surface area contributed by atoms with Crippen LogP contribution in [0.25, 0.3) is 11.0 Å². The SMILES string of the molecule is CCN(CC(O)COc1cccc2onc(C)c12)Oc1ccccc1. The third kappa shape index (κ3) is 4.29. The summed E-state index contributed by atoms with van der Waals surface area (Å²) in [4.78, 5) is 5.76. The first-order chi connectivity index (χ1) is 12.2. The number of likely N-dealkylation sites (N-methyl/N-ethyl adjacent to an activating group) is 1. The number of hydrogen-bond donors (Lipinski definition) is 1. The molecule has 0 saturated carbocycles. The van der Waals surface area contributed by atoms with Gasteiger partial charge in [0.05, 0.1) is 17.6 Å². The number of rotatable bonds is 8. The molecule has 0 amide bonds. The van der Waals surface area contributed by atoms with Gasteiger partial charge in [-0.05, 0) is 38.1 Å². The highest BCUT2D eigenvalue weighted by Crippen LogP contribution is 2.28. The highest BCUT2D eigenvalue weighted by Gasteiger charge is 2.15. The van der Waals surface area contributed by atoms with E-state index in [0.717, 1.165) is 16.8 Å². The molecular weight excluding hydrogens is 320 g/mol. The molecule has 1 N–H and O–H groups in total. The molecule has 0 aliphatic rings. The van der Waals surface area contributed by atoms with Crippen molar-refractivity contribution < 1.29 is 19.2 Å². The van der Waals surface area contributed by atoms with Gasteiger partial charge in [0.25, 0.3) is 0 Å². The first kappa shape index (κ1) is 17.3. The maximum absolute atomic E-state index is 10.3. The molecule has 3 aromatic rings. The lowest BCUT2D eigenvalue weighted by molar-refractivity contribution is -0.0858. The fourth-order valence-electron chi connectivity index (χ4n) is 2.56. The Labute approximate surface area is 146 Å². The fraction of sp³-hybridized carbons (Fsp3) is 0.316. The summed E-state index contributed by atoms with van der Waals surface area (Å²) in [5, 5.41) is 16.8. The zero-order valence-corrected chi connectivity index (χ0v) is 14.4. The van der Waals surface area contributed by atoms with Gasteiger partial charge in [0.2, 0.25) is 0 Å². The smallest absolute Gasteiger partial charge is 0.170 e. The molecule has 2 aromatic carbocycles. The second-order valence-corrected chi connectivity index (χ2v) is 5.75. The van der Waals surface area contributed by atoms with Crippen LogP contribution in [0, 0.1) is 6.92 Å². The van der Waals surface area contributed by atoms with Crippen LogP contribution >= 0.6 is 0 Å². The predicted molar refractivity (Wildman–Crippen MR) is 94.6 cm³/mol. The summed E-state index contributed by atoms with van der Waals surface area (Å²) in [6, 6.07) is 15.0. The fourth-order valence-corrected chi connectivity index (χ4v) is 2.56. The molecule has 0 spiro atoms. The molecule has 6 nitrogen and oxygen atoms in total. The van der Waals surface area contributed by atoms with Crippen molar-refractivity contribution in [1.29, 1.82) is 0 Å². The van der Waals surface area contributed by atoms with E-state index in [9.17, 15) is 5.11 Å². The van der Waals surface area contributed by atoms with E-state index in [1.807, 2.05) is 62.4 Å². The third-order valence-corrected chi connectivity index (χ3v) is 3.81. The average Bonchev–Trinajstić information content (AvgIpc) is 3.02. The highest BCUT2D eigenvalue weighted by atomic mass is 16.7. The van der Waals surface area contributed by atoms with Crippen molar-refractivity contribution in [3.8, 4) is 11.5 Å². The summed E-state index contributed by atoms with van der Waals surface area (Å²) in [5.41, 5.74) is 1.44. The number of ether oxygens (including phenoxy) is 1. The van der Waals surface area contributed by atoms with E-state index in [1.165, 1.54) is 0 Å². The Bertz CT molecular complexity index is 804. The maximum Gasteiger partial charge on any atom is 0.170 e. The number of hydroxylamine groups is 2. The molecule has 1 aromatic heterocycles. The zero-order chi connectivity index (χ0) is 17.6. The normalized spacial score (nSPS) is 12.5. The third-order valence-electron chi connectivity index (χ3n) is 3.81. The van der Waals surface area contributed by atoms with E-state index >= 15 is 0 Å². The van der Waals surface area contributed by atoms with E-state index in [0.29, 0.717) is 24.4 Å². The second-order valence-electron chi connectivity index (χ2n) is 5.75. The molecule has 0 aliphatic heterocycles. The Balaban J connectivity index is 1.58. The van der Waals surface area contributed by atoms with Crippen LogP contribution < -0.4 is 9.57 Å². The molecule has 6 heteroatoms.